The zero-order chi connectivity index (χ0) is 21.0. The molecule has 1 heterocycles. The van der Waals surface area contributed by atoms with Crippen LogP contribution in [-0.2, 0) is 21.2 Å². The monoisotopic (exact) mass is 434 g/mol. The van der Waals surface area contributed by atoms with Crippen molar-refractivity contribution in [3.05, 3.63) is 64.7 Å². The van der Waals surface area contributed by atoms with Crippen LogP contribution in [0.2, 0.25) is 5.02 Å². The number of rotatable bonds is 6. The van der Waals surface area contributed by atoms with Crippen LogP contribution in [0.5, 0.6) is 0 Å². The molecule has 0 atom stereocenters. The number of amides is 1. The van der Waals surface area contributed by atoms with Crippen molar-refractivity contribution in [3.63, 3.8) is 0 Å². The summed E-state index contributed by atoms with van der Waals surface area (Å²) >= 11 is 6.16. The largest absolute Gasteiger partial charge is 0.341 e. The number of piperidine rings is 1. The van der Waals surface area contributed by atoms with Gasteiger partial charge in [-0.15, -0.1) is 0 Å². The predicted octanol–water partition coefficient (Wildman–Crippen LogP) is 3.90. The first-order valence-electron chi connectivity index (χ1n) is 9.80. The van der Waals surface area contributed by atoms with E-state index in [9.17, 15) is 13.2 Å². The van der Waals surface area contributed by atoms with Gasteiger partial charge in [0.25, 0.3) is 0 Å². The zero-order valence-electron chi connectivity index (χ0n) is 16.8. The summed E-state index contributed by atoms with van der Waals surface area (Å²) in [6.07, 6.45) is 3.98. The van der Waals surface area contributed by atoms with Crippen molar-refractivity contribution in [3.8, 4) is 0 Å². The van der Waals surface area contributed by atoms with Gasteiger partial charge in [-0.3, -0.25) is 9.10 Å². The van der Waals surface area contributed by atoms with E-state index in [4.69, 9.17) is 11.6 Å². The molecule has 0 N–H and O–H groups in total. The van der Waals surface area contributed by atoms with Gasteiger partial charge in [0.15, 0.2) is 0 Å². The van der Waals surface area contributed by atoms with E-state index in [2.05, 4.69) is 12.1 Å². The first-order valence-corrected chi connectivity index (χ1v) is 12.0. The van der Waals surface area contributed by atoms with Gasteiger partial charge in [-0.05, 0) is 55.4 Å². The Morgan fingerprint density at radius 2 is 1.76 bits per heavy atom. The SMILES string of the molecule is Cc1c(Cl)cccc1N(CC(=O)N1CCC(Cc2ccccc2)CC1)S(C)(=O)=O. The fraction of sp³-hybridized carbons (Fsp3) is 0.409. The lowest BCUT2D eigenvalue weighted by molar-refractivity contribution is -0.130. The predicted molar refractivity (Wildman–Crippen MR) is 118 cm³/mol. The van der Waals surface area contributed by atoms with E-state index < -0.39 is 10.0 Å². The van der Waals surface area contributed by atoms with Crippen LogP contribution in [0, 0.1) is 12.8 Å². The molecule has 1 aliphatic rings. The number of hydrogen-bond acceptors (Lipinski definition) is 3. The van der Waals surface area contributed by atoms with Crippen LogP contribution >= 0.6 is 11.6 Å². The van der Waals surface area contributed by atoms with Crippen LogP contribution < -0.4 is 4.31 Å². The fourth-order valence-corrected chi connectivity index (χ4v) is 4.87. The average molecular weight is 435 g/mol. The number of anilines is 1. The Hall–Kier alpha value is -2.05. The summed E-state index contributed by atoms with van der Waals surface area (Å²) in [4.78, 5) is 14.7. The lowest BCUT2D eigenvalue weighted by Gasteiger charge is -2.34. The molecule has 0 radical (unpaired) electrons. The number of sulfonamides is 1. The first kappa shape index (κ1) is 21.7. The third-order valence-electron chi connectivity index (χ3n) is 5.52. The molecule has 3 rings (SSSR count). The summed E-state index contributed by atoms with van der Waals surface area (Å²) in [5, 5.41) is 0.477. The lowest BCUT2D eigenvalue weighted by atomic mass is 9.90. The second-order valence-corrected chi connectivity index (χ2v) is 9.98. The van der Waals surface area contributed by atoms with Crippen molar-refractivity contribution >= 4 is 33.2 Å². The lowest BCUT2D eigenvalue weighted by Crippen LogP contribution is -2.46. The Kier molecular flexibility index (Phi) is 6.85. The first-order chi connectivity index (χ1) is 13.8. The van der Waals surface area contributed by atoms with Gasteiger partial charge in [0.05, 0.1) is 11.9 Å². The van der Waals surface area contributed by atoms with E-state index in [0.717, 1.165) is 29.8 Å². The molecular weight excluding hydrogens is 408 g/mol. The van der Waals surface area contributed by atoms with Crippen molar-refractivity contribution in [1.82, 2.24) is 4.90 Å². The molecule has 2 aromatic carbocycles. The molecule has 1 aliphatic heterocycles. The van der Waals surface area contributed by atoms with Crippen molar-refractivity contribution < 1.29 is 13.2 Å². The molecule has 2 aromatic rings. The molecule has 1 amide bonds. The minimum absolute atomic E-state index is 0.173. The molecule has 0 spiro atoms. The van der Waals surface area contributed by atoms with Gasteiger partial charge in [-0.25, -0.2) is 8.42 Å². The Morgan fingerprint density at radius 1 is 1.10 bits per heavy atom. The van der Waals surface area contributed by atoms with Gasteiger partial charge >= 0.3 is 0 Å². The Morgan fingerprint density at radius 3 is 2.38 bits per heavy atom. The van der Waals surface area contributed by atoms with Crippen molar-refractivity contribution in [2.24, 2.45) is 5.92 Å². The molecule has 29 heavy (non-hydrogen) atoms. The molecule has 0 aromatic heterocycles. The molecular formula is C22H27ClN2O3S. The van der Waals surface area contributed by atoms with Crippen LogP contribution in [0.1, 0.15) is 24.0 Å². The summed E-state index contributed by atoms with van der Waals surface area (Å²) in [6, 6.07) is 15.5. The summed E-state index contributed by atoms with van der Waals surface area (Å²) < 4.78 is 25.9. The highest BCUT2D eigenvalue weighted by atomic mass is 35.5. The molecule has 7 heteroatoms. The Balaban J connectivity index is 1.64. The highest BCUT2D eigenvalue weighted by Crippen LogP contribution is 2.28. The third kappa shape index (κ3) is 5.52. The van der Waals surface area contributed by atoms with Crippen molar-refractivity contribution in [2.45, 2.75) is 26.2 Å². The number of carbonyl (C=O) groups is 1. The summed E-state index contributed by atoms with van der Waals surface area (Å²) in [6.45, 7) is 2.86. The highest BCUT2D eigenvalue weighted by molar-refractivity contribution is 7.92. The van der Waals surface area contributed by atoms with Crippen molar-refractivity contribution in [2.75, 3.05) is 30.2 Å². The second-order valence-electron chi connectivity index (χ2n) is 7.67. The molecule has 0 unspecified atom stereocenters. The standard InChI is InChI=1S/C22H27ClN2O3S/c1-17-20(23)9-6-10-21(17)25(29(2,27)28)16-22(26)24-13-11-19(12-14-24)15-18-7-4-3-5-8-18/h3-10,19H,11-16H2,1-2H3. The smallest absolute Gasteiger partial charge is 0.243 e. The number of halogens is 1. The minimum Gasteiger partial charge on any atom is -0.341 e. The number of benzene rings is 2. The van der Waals surface area contributed by atoms with Crippen LogP contribution in [-0.4, -0.2) is 45.1 Å². The van der Waals surface area contributed by atoms with Crippen molar-refractivity contribution in [1.29, 1.82) is 0 Å². The Bertz CT molecular complexity index is 955. The Labute approximate surface area is 178 Å². The van der Waals surface area contributed by atoms with Crippen LogP contribution in [0.25, 0.3) is 0 Å². The van der Waals surface area contributed by atoms with Gasteiger partial charge < -0.3 is 4.90 Å². The van der Waals surface area contributed by atoms with E-state index >= 15 is 0 Å². The summed E-state index contributed by atoms with van der Waals surface area (Å²) in [5.41, 5.74) is 2.42. The maximum Gasteiger partial charge on any atom is 0.243 e. The average Bonchev–Trinajstić information content (AvgIpc) is 2.69. The van der Waals surface area contributed by atoms with Gasteiger partial charge in [0.2, 0.25) is 15.9 Å². The minimum atomic E-state index is -3.62. The maximum atomic E-state index is 12.9. The normalized spacial score (nSPS) is 15.3. The third-order valence-corrected chi connectivity index (χ3v) is 7.06. The van der Waals surface area contributed by atoms with Gasteiger partial charge in [0, 0.05) is 18.1 Å². The molecule has 1 saturated heterocycles. The molecule has 0 bridgehead atoms. The second kappa shape index (κ2) is 9.18. The number of likely N-dealkylation sites (tertiary alicyclic amines) is 1. The topological polar surface area (TPSA) is 57.7 Å². The molecule has 0 saturated carbocycles. The maximum absolute atomic E-state index is 12.9. The molecule has 5 nitrogen and oxygen atoms in total. The number of nitrogens with zero attached hydrogens (tertiary/aromatic N) is 2. The summed E-state index contributed by atoms with van der Waals surface area (Å²) in [7, 11) is -3.62. The zero-order valence-corrected chi connectivity index (χ0v) is 18.4. The van der Waals surface area contributed by atoms with Crippen LogP contribution in [0.4, 0.5) is 5.69 Å². The summed E-state index contributed by atoms with van der Waals surface area (Å²) in [5.74, 6) is 0.371. The van der Waals surface area contributed by atoms with E-state index in [1.165, 1.54) is 5.56 Å². The molecule has 1 fully saturated rings. The molecule has 156 valence electrons. The van der Waals surface area contributed by atoms with Crippen LogP contribution in [0.3, 0.4) is 0 Å². The molecule has 0 aliphatic carbocycles. The highest BCUT2D eigenvalue weighted by Gasteiger charge is 2.28. The van der Waals surface area contributed by atoms with Crippen LogP contribution in [0.15, 0.2) is 48.5 Å². The van der Waals surface area contributed by atoms with E-state index in [1.54, 1.807) is 30.0 Å². The van der Waals surface area contributed by atoms with E-state index in [-0.39, 0.29) is 12.5 Å². The number of hydrogen-bond donors (Lipinski definition) is 0. The van der Waals surface area contributed by atoms with E-state index in [1.807, 2.05) is 18.2 Å². The number of carbonyl (C=O) groups excluding carboxylic acids is 1. The quantitative estimate of drug-likeness (QED) is 0.692. The van der Waals surface area contributed by atoms with E-state index in [0.29, 0.717) is 35.3 Å². The van der Waals surface area contributed by atoms with Gasteiger partial charge in [0.1, 0.15) is 6.54 Å². The fourth-order valence-electron chi connectivity index (χ4n) is 3.80. The van der Waals surface area contributed by atoms with Gasteiger partial charge in [-0.1, -0.05) is 48.0 Å². The van der Waals surface area contributed by atoms with Gasteiger partial charge in [-0.2, -0.15) is 0 Å².